The van der Waals surface area contributed by atoms with Gasteiger partial charge < -0.3 is 10.5 Å². The summed E-state index contributed by atoms with van der Waals surface area (Å²) in [5.74, 6) is 1.32. The standard InChI is InChI=1S/C15H16Br2N2O/c1-2-3-12-6-10(9-18)7-15(19-12)20-14-5-4-11(16)8-13(14)17/h4-8H,2-3,9,18H2,1H3. The molecule has 2 rings (SSSR count). The zero-order valence-electron chi connectivity index (χ0n) is 11.2. The van der Waals surface area contributed by atoms with E-state index in [-0.39, 0.29) is 0 Å². The van der Waals surface area contributed by atoms with E-state index in [0.717, 1.165) is 38.8 Å². The van der Waals surface area contributed by atoms with Crippen LogP contribution in [0.4, 0.5) is 0 Å². The highest BCUT2D eigenvalue weighted by atomic mass is 79.9. The minimum absolute atomic E-state index is 0.483. The van der Waals surface area contributed by atoms with Crippen molar-refractivity contribution in [3.63, 3.8) is 0 Å². The van der Waals surface area contributed by atoms with Crippen molar-refractivity contribution >= 4 is 31.9 Å². The first-order valence-electron chi connectivity index (χ1n) is 6.45. The summed E-state index contributed by atoms with van der Waals surface area (Å²) >= 11 is 6.90. The predicted molar refractivity (Wildman–Crippen MR) is 88.0 cm³/mol. The van der Waals surface area contributed by atoms with Crippen molar-refractivity contribution in [2.45, 2.75) is 26.3 Å². The average Bonchev–Trinajstić information content (AvgIpc) is 2.42. The minimum Gasteiger partial charge on any atom is -0.438 e. The van der Waals surface area contributed by atoms with Gasteiger partial charge in [-0.15, -0.1) is 0 Å². The third-order valence-electron chi connectivity index (χ3n) is 2.76. The minimum atomic E-state index is 0.483. The van der Waals surface area contributed by atoms with Crippen molar-refractivity contribution in [2.24, 2.45) is 5.73 Å². The summed E-state index contributed by atoms with van der Waals surface area (Å²) < 4.78 is 7.73. The maximum atomic E-state index is 5.86. The van der Waals surface area contributed by atoms with E-state index in [1.54, 1.807) is 0 Å². The largest absolute Gasteiger partial charge is 0.438 e. The number of nitrogens with zero attached hydrogens (tertiary/aromatic N) is 1. The summed E-state index contributed by atoms with van der Waals surface area (Å²) in [4.78, 5) is 4.52. The molecule has 0 radical (unpaired) electrons. The molecule has 0 saturated heterocycles. The van der Waals surface area contributed by atoms with Crippen LogP contribution < -0.4 is 10.5 Å². The SMILES string of the molecule is CCCc1cc(CN)cc(Oc2ccc(Br)cc2Br)n1. The summed E-state index contributed by atoms with van der Waals surface area (Å²) in [5.41, 5.74) is 7.77. The van der Waals surface area contributed by atoms with Gasteiger partial charge in [0.15, 0.2) is 0 Å². The third-order valence-corrected chi connectivity index (χ3v) is 3.88. The molecule has 1 heterocycles. The van der Waals surface area contributed by atoms with Gasteiger partial charge in [0.2, 0.25) is 5.88 Å². The second kappa shape index (κ2) is 7.20. The molecule has 0 aliphatic heterocycles. The molecule has 1 aromatic carbocycles. The van der Waals surface area contributed by atoms with E-state index in [4.69, 9.17) is 10.5 Å². The van der Waals surface area contributed by atoms with E-state index in [0.29, 0.717) is 12.4 Å². The lowest BCUT2D eigenvalue weighted by molar-refractivity contribution is 0.457. The monoisotopic (exact) mass is 398 g/mol. The van der Waals surface area contributed by atoms with Gasteiger partial charge >= 0.3 is 0 Å². The lowest BCUT2D eigenvalue weighted by Gasteiger charge is -2.10. The second-order valence-electron chi connectivity index (χ2n) is 4.44. The summed E-state index contributed by atoms with van der Waals surface area (Å²) in [5, 5.41) is 0. The molecular formula is C15H16Br2N2O. The van der Waals surface area contributed by atoms with Crippen molar-refractivity contribution in [1.29, 1.82) is 0 Å². The van der Waals surface area contributed by atoms with Crippen molar-refractivity contribution < 1.29 is 4.74 Å². The average molecular weight is 400 g/mol. The van der Waals surface area contributed by atoms with E-state index in [1.165, 1.54) is 0 Å². The number of aromatic nitrogens is 1. The van der Waals surface area contributed by atoms with Gasteiger partial charge in [0, 0.05) is 22.8 Å². The summed E-state index contributed by atoms with van der Waals surface area (Å²) in [6.07, 6.45) is 1.97. The number of aryl methyl sites for hydroxylation is 1. The van der Waals surface area contributed by atoms with Crippen LogP contribution in [0.1, 0.15) is 24.6 Å². The Kier molecular flexibility index (Phi) is 5.57. The number of halogens is 2. The van der Waals surface area contributed by atoms with Gasteiger partial charge in [-0.25, -0.2) is 4.98 Å². The van der Waals surface area contributed by atoms with Gasteiger partial charge in [0.25, 0.3) is 0 Å². The van der Waals surface area contributed by atoms with E-state index < -0.39 is 0 Å². The molecule has 0 unspecified atom stereocenters. The van der Waals surface area contributed by atoms with Crippen LogP contribution in [0.25, 0.3) is 0 Å². The normalized spacial score (nSPS) is 10.6. The number of rotatable bonds is 5. The molecule has 1 aromatic heterocycles. The van der Waals surface area contributed by atoms with Gasteiger partial charge in [-0.1, -0.05) is 29.3 Å². The van der Waals surface area contributed by atoms with E-state index in [2.05, 4.69) is 43.8 Å². The van der Waals surface area contributed by atoms with Crippen LogP contribution in [0.2, 0.25) is 0 Å². The van der Waals surface area contributed by atoms with Gasteiger partial charge in [-0.05, 0) is 52.2 Å². The molecule has 0 atom stereocenters. The van der Waals surface area contributed by atoms with Gasteiger partial charge in [-0.2, -0.15) is 0 Å². The molecule has 0 aliphatic rings. The molecule has 2 aromatic rings. The Morgan fingerprint density at radius 1 is 1.20 bits per heavy atom. The molecule has 2 N–H and O–H groups in total. The van der Waals surface area contributed by atoms with E-state index in [9.17, 15) is 0 Å². The Morgan fingerprint density at radius 3 is 2.65 bits per heavy atom. The number of hydrogen-bond donors (Lipinski definition) is 1. The summed E-state index contributed by atoms with van der Waals surface area (Å²) in [6.45, 7) is 2.61. The summed E-state index contributed by atoms with van der Waals surface area (Å²) in [6, 6.07) is 9.68. The van der Waals surface area contributed by atoms with Crippen LogP contribution in [-0.2, 0) is 13.0 Å². The first-order chi connectivity index (χ1) is 9.62. The molecule has 5 heteroatoms. The topological polar surface area (TPSA) is 48.1 Å². The fourth-order valence-electron chi connectivity index (χ4n) is 1.85. The lowest BCUT2D eigenvalue weighted by Crippen LogP contribution is -2.01. The number of hydrogen-bond acceptors (Lipinski definition) is 3. The Balaban J connectivity index is 2.29. The highest BCUT2D eigenvalue weighted by molar-refractivity contribution is 9.11. The van der Waals surface area contributed by atoms with Crippen LogP contribution in [0.15, 0.2) is 39.3 Å². The molecule has 0 fully saturated rings. The number of ether oxygens (including phenoxy) is 1. The quantitative estimate of drug-likeness (QED) is 0.784. The number of benzene rings is 1. The Bertz CT molecular complexity index is 602. The molecular weight excluding hydrogens is 384 g/mol. The first kappa shape index (κ1) is 15.5. The van der Waals surface area contributed by atoms with Crippen LogP contribution in [0.5, 0.6) is 11.6 Å². The van der Waals surface area contributed by atoms with Crippen molar-refractivity contribution in [3.05, 3.63) is 50.5 Å². The molecule has 3 nitrogen and oxygen atoms in total. The first-order valence-corrected chi connectivity index (χ1v) is 8.03. The zero-order valence-corrected chi connectivity index (χ0v) is 14.4. The maximum Gasteiger partial charge on any atom is 0.219 e. The molecule has 0 amide bonds. The van der Waals surface area contributed by atoms with Gasteiger partial charge in [-0.3, -0.25) is 0 Å². The number of nitrogens with two attached hydrogens (primary N) is 1. The fraction of sp³-hybridized carbons (Fsp3) is 0.267. The number of pyridine rings is 1. The Morgan fingerprint density at radius 2 is 2.00 bits per heavy atom. The third kappa shape index (κ3) is 4.04. The predicted octanol–water partition coefficient (Wildman–Crippen LogP) is 4.81. The van der Waals surface area contributed by atoms with E-state index >= 15 is 0 Å². The lowest BCUT2D eigenvalue weighted by atomic mass is 10.1. The smallest absolute Gasteiger partial charge is 0.219 e. The maximum absolute atomic E-state index is 5.86. The molecule has 0 aliphatic carbocycles. The van der Waals surface area contributed by atoms with Crippen LogP contribution in [0, 0.1) is 0 Å². The van der Waals surface area contributed by atoms with Crippen molar-refractivity contribution in [2.75, 3.05) is 0 Å². The van der Waals surface area contributed by atoms with Gasteiger partial charge in [0.1, 0.15) is 5.75 Å². The molecule has 0 saturated carbocycles. The Labute approximate surface area is 135 Å². The van der Waals surface area contributed by atoms with E-state index in [1.807, 2.05) is 30.3 Å². The molecule has 0 bridgehead atoms. The van der Waals surface area contributed by atoms with Crippen LogP contribution in [0.3, 0.4) is 0 Å². The van der Waals surface area contributed by atoms with Crippen LogP contribution in [-0.4, -0.2) is 4.98 Å². The van der Waals surface area contributed by atoms with Gasteiger partial charge in [0.05, 0.1) is 4.47 Å². The van der Waals surface area contributed by atoms with Crippen LogP contribution >= 0.6 is 31.9 Å². The molecule has 20 heavy (non-hydrogen) atoms. The summed E-state index contributed by atoms with van der Waals surface area (Å²) in [7, 11) is 0. The fourth-order valence-corrected chi connectivity index (χ4v) is 2.97. The van der Waals surface area contributed by atoms with Crippen molar-refractivity contribution in [1.82, 2.24) is 4.98 Å². The Hall–Kier alpha value is -0.910. The zero-order chi connectivity index (χ0) is 14.5. The highest BCUT2D eigenvalue weighted by Gasteiger charge is 2.07. The molecule has 106 valence electrons. The van der Waals surface area contributed by atoms with Crippen molar-refractivity contribution in [3.8, 4) is 11.6 Å². The highest BCUT2D eigenvalue weighted by Crippen LogP contribution is 2.31. The molecule has 0 spiro atoms. The second-order valence-corrected chi connectivity index (χ2v) is 6.21.